The number of rotatable bonds is 10. The number of carbonyl (C=O) groups excluding carboxylic acids is 3. The molecule has 5 rings (SSSR count). The Morgan fingerprint density at radius 3 is 2.39 bits per heavy atom. The highest BCUT2D eigenvalue weighted by atomic mass is 16.6. The fourth-order valence-electron chi connectivity index (χ4n) is 7.14. The molecule has 9 nitrogen and oxygen atoms in total. The molecular formula is C32H43N3O6. The third kappa shape index (κ3) is 5.07. The van der Waals surface area contributed by atoms with Crippen molar-refractivity contribution in [3.05, 3.63) is 48.6 Å². The number of amides is 2. The third-order valence-electron chi connectivity index (χ3n) is 9.12. The maximum Gasteiger partial charge on any atom is 0.313 e. The summed E-state index contributed by atoms with van der Waals surface area (Å²) in [7, 11) is 0. The van der Waals surface area contributed by atoms with Crippen molar-refractivity contribution in [2.24, 2.45) is 11.8 Å². The van der Waals surface area contributed by atoms with Gasteiger partial charge in [0.2, 0.25) is 5.91 Å². The molecule has 0 aliphatic carbocycles. The molecule has 4 aliphatic heterocycles. The van der Waals surface area contributed by atoms with Gasteiger partial charge >= 0.3 is 5.97 Å². The molecular weight excluding hydrogens is 522 g/mol. The first-order chi connectivity index (χ1) is 19.8. The Morgan fingerprint density at radius 2 is 1.68 bits per heavy atom. The topological polar surface area (TPSA) is 99.6 Å². The smallest absolute Gasteiger partial charge is 0.313 e. The average molecular weight is 566 g/mol. The zero-order chi connectivity index (χ0) is 29.2. The van der Waals surface area contributed by atoms with Gasteiger partial charge < -0.3 is 29.3 Å². The summed E-state index contributed by atoms with van der Waals surface area (Å²) in [5.41, 5.74) is -0.528. The molecule has 41 heavy (non-hydrogen) atoms. The van der Waals surface area contributed by atoms with E-state index in [9.17, 15) is 19.5 Å². The van der Waals surface area contributed by atoms with Gasteiger partial charge in [-0.1, -0.05) is 37.1 Å². The van der Waals surface area contributed by atoms with Gasteiger partial charge in [-0.3, -0.25) is 14.4 Å². The number of unbranched alkanes of at least 4 members (excludes halogenated alkanes) is 3. The highest BCUT2D eigenvalue weighted by Gasteiger charge is 2.74. The molecule has 2 amide bonds. The largest absolute Gasteiger partial charge is 0.465 e. The fourth-order valence-corrected chi connectivity index (χ4v) is 7.14. The zero-order valence-corrected chi connectivity index (χ0v) is 24.5. The van der Waals surface area contributed by atoms with Crippen molar-refractivity contribution in [3.63, 3.8) is 0 Å². The molecule has 2 saturated heterocycles. The summed E-state index contributed by atoms with van der Waals surface area (Å²) in [6.45, 7) is 8.90. The van der Waals surface area contributed by atoms with Crippen LogP contribution in [0, 0.1) is 11.8 Å². The van der Waals surface area contributed by atoms with Crippen molar-refractivity contribution in [2.45, 2.75) is 70.1 Å². The van der Waals surface area contributed by atoms with E-state index in [0.717, 1.165) is 37.3 Å². The Morgan fingerprint density at radius 1 is 0.951 bits per heavy atom. The van der Waals surface area contributed by atoms with Crippen LogP contribution >= 0.6 is 0 Å². The Kier molecular flexibility index (Phi) is 8.57. The summed E-state index contributed by atoms with van der Waals surface area (Å²) in [4.78, 5) is 47.8. The van der Waals surface area contributed by atoms with Crippen molar-refractivity contribution < 1.29 is 29.0 Å². The van der Waals surface area contributed by atoms with Crippen LogP contribution < -0.4 is 9.80 Å². The van der Waals surface area contributed by atoms with Crippen LogP contribution in [0.25, 0.3) is 0 Å². The van der Waals surface area contributed by atoms with Gasteiger partial charge in [-0.15, -0.1) is 0 Å². The first-order valence-corrected chi connectivity index (χ1v) is 15.1. The molecule has 2 fully saturated rings. The average Bonchev–Trinajstić information content (AvgIpc) is 3.27. The first kappa shape index (κ1) is 29.3. The minimum atomic E-state index is -1.29. The predicted molar refractivity (Wildman–Crippen MR) is 156 cm³/mol. The Bertz CT molecular complexity index is 1190. The Hall–Kier alpha value is -3.17. The number of hydrogen-bond donors (Lipinski definition) is 1. The van der Waals surface area contributed by atoms with Crippen LogP contribution in [0.4, 0.5) is 11.4 Å². The SMILES string of the molecule is CCN(CC)c1ccc(N2CC=C[C@]34O[C@]5(C)C=CCCOC(=O)[C@@H]5[C@H]3C(=O)N(CCCCCCO)C4C2=O)cc1. The summed E-state index contributed by atoms with van der Waals surface area (Å²) < 4.78 is 12.4. The van der Waals surface area contributed by atoms with Gasteiger partial charge in [-0.05, 0) is 64.3 Å². The lowest BCUT2D eigenvalue weighted by Crippen LogP contribution is -2.56. The molecule has 5 atom stereocenters. The second kappa shape index (κ2) is 12.0. The molecule has 222 valence electrons. The van der Waals surface area contributed by atoms with Gasteiger partial charge in [-0.2, -0.15) is 0 Å². The molecule has 0 bridgehead atoms. The lowest BCUT2D eigenvalue weighted by Gasteiger charge is -2.37. The minimum absolute atomic E-state index is 0.130. The monoisotopic (exact) mass is 565 g/mol. The van der Waals surface area contributed by atoms with Crippen molar-refractivity contribution in [3.8, 4) is 0 Å². The van der Waals surface area contributed by atoms with Gasteiger partial charge in [-0.25, -0.2) is 0 Å². The molecule has 9 heteroatoms. The number of anilines is 2. The lowest BCUT2D eigenvalue weighted by atomic mass is 9.74. The van der Waals surface area contributed by atoms with Crippen molar-refractivity contribution in [1.82, 2.24) is 4.90 Å². The number of nitrogens with zero attached hydrogens (tertiary/aromatic N) is 3. The summed E-state index contributed by atoms with van der Waals surface area (Å²) in [5.74, 6) is -2.63. The molecule has 1 aromatic carbocycles. The summed E-state index contributed by atoms with van der Waals surface area (Å²) in [5, 5.41) is 9.17. The molecule has 1 spiro atoms. The van der Waals surface area contributed by atoms with E-state index in [2.05, 4.69) is 18.7 Å². The quantitative estimate of drug-likeness (QED) is 0.264. The normalized spacial score (nSPS) is 30.8. The van der Waals surface area contributed by atoms with Crippen molar-refractivity contribution in [2.75, 3.05) is 49.2 Å². The van der Waals surface area contributed by atoms with Crippen LogP contribution in [0.3, 0.4) is 0 Å². The van der Waals surface area contributed by atoms with E-state index in [-0.39, 0.29) is 25.0 Å². The standard InChI is InChI=1S/C32H43N3O6/c1-4-33(5-2)23-13-15-24(16-14-23)34-20-12-18-32-25(26-30(39)40-22-11-8-17-31(26,3)41-32)28(37)35(27(32)29(34)38)19-9-6-7-10-21-36/h8,12-18,25-27,36H,4-7,9-11,19-22H2,1-3H3/t25-,26-,27?,31+,32-/m0/s1. The molecule has 4 heterocycles. The van der Waals surface area contributed by atoms with Gasteiger partial charge in [0.05, 0.1) is 18.1 Å². The highest BCUT2D eigenvalue weighted by Crippen LogP contribution is 2.57. The number of benzene rings is 1. The van der Waals surface area contributed by atoms with Gasteiger partial charge in [0.25, 0.3) is 5.91 Å². The number of carbonyl (C=O) groups is 3. The number of ether oxygens (including phenoxy) is 2. The van der Waals surface area contributed by atoms with E-state index in [0.29, 0.717) is 32.4 Å². The minimum Gasteiger partial charge on any atom is -0.465 e. The van der Waals surface area contributed by atoms with Crippen LogP contribution in [-0.2, 0) is 23.9 Å². The predicted octanol–water partition coefficient (Wildman–Crippen LogP) is 3.46. The van der Waals surface area contributed by atoms with E-state index in [1.807, 2.05) is 55.5 Å². The molecule has 1 unspecified atom stereocenters. The lowest BCUT2D eigenvalue weighted by molar-refractivity contribution is -0.159. The first-order valence-electron chi connectivity index (χ1n) is 15.1. The number of aliphatic hydroxyl groups excluding tert-OH is 1. The second-order valence-corrected chi connectivity index (χ2v) is 11.6. The van der Waals surface area contributed by atoms with Gasteiger partial charge in [0.15, 0.2) is 0 Å². The van der Waals surface area contributed by atoms with Crippen molar-refractivity contribution in [1.29, 1.82) is 0 Å². The van der Waals surface area contributed by atoms with E-state index >= 15 is 0 Å². The zero-order valence-electron chi connectivity index (χ0n) is 24.5. The number of hydrogen-bond acceptors (Lipinski definition) is 7. The second-order valence-electron chi connectivity index (χ2n) is 11.6. The maximum atomic E-state index is 14.5. The highest BCUT2D eigenvalue weighted by molar-refractivity contribution is 6.05. The van der Waals surface area contributed by atoms with E-state index in [1.54, 1.807) is 9.80 Å². The molecule has 0 radical (unpaired) electrons. The number of likely N-dealkylation sites (tertiary alicyclic amines) is 1. The number of cyclic esters (lactones) is 1. The fraction of sp³-hybridized carbons (Fsp3) is 0.594. The van der Waals surface area contributed by atoms with E-state index < -0.39 is 35.0 Å². The summed E-state index contributed by atoms with van der Waals surface area (Å²) >= 11 is 0. The van der Waals surface area contributed by atoms with Crippen LogP contribution in [0.15, 0.2) is 48.6 Å². The maximum absolute atomic E-state index is 14.5. The van der Waals surface area contributed by atoms with Gasteiger partial charge in [0, 0.05) is 44.2 Å². The molecule has 0 saturated carbocycles. The molecule has 1 aromatic rings. The summed E-state index contributed by atoms with van der Waals surface area (Å²) in [6.07, 6.45) is 11.2. The van der Waals surface area contributed by atoms with Crippen LogP contribution in [0.5, 0.6) is 0 Å². The van der Waals surface area contributed by atoms with Gasteiger partial charge in [0.1, 0.15) is 17.6 Å². The molecule has 4 aliphatic rings. The van der Waals surface area contributed by atoms with Crippen LogP contribution in [0.1, 0.15) is 52.9 Å². The van der Waals surface area contributed by atoms with Crippen molar-refractivity contribution >= 4 is 29.2 Å². The van der Waals surface area contributed by atoms with Crippen LogP contribution in [-0.4, -0.2) is 84.4 Å². The van der Waals surface area contributed by atoms with E-state index in [1.165, 1.54) is 0 Å². The van der Waals surface area contributed by atoms with Crippen LogP contribution in [0.2, 0.25) is 0 Å². The molecule has 0 aromatic heterocycles. The number of fused-ring (bicyclic) bond motifs is 2. The summed E-state index contributed by atoms with van der Waals surface area (Å²) in [6, 6.07) is 7.05. The molecule has 1 N–H and O–H groups in total. The number of esters is 1. The Labute approximate surface area is 242 Å². The van der Waals surface area contributed by atoms with E-state index in [4.69, 9.17) is 9.47 Å². The Balaban J connectivity index is 1.53. The third-order valence-corrected chi connectivity index (χ3v) is 9.12. The number of aliphatic hydroxyl groups is 1.